The lowest BCUT2D eigenvalue weighted by atomic mass is 10.2. The van der Waals surface area contributed by atoms with Gasteiger partial charge in [-0.1, -0.05) is 30.3 Å². The van der Waals surface area contributed by atoms with Gasteiger partial charge in [-0.25, -0.2) is 4.57 Å². The molecule has 0 bridgehead atoms. The van der Waals surface area contributed by atoms with Gasteiger partial charge < -0.3 is 9.79 Å². The molecule has 74 valence electrons. The minimum atomic E-state index is -4.33. The van der Waals surface area contributed by atoms with Crippen molar-refractivity contribution in [2.24, 2.45) is 0 Å². The Labute approximate surface area is 82.2 Å². The highest BCUT2D eigenvalue weighted by molar-refractivity contribution is 7.46. The third-order valence-corrected chi connectivity index (χ3v) is 1.71. The van der Waals surface area contributed by atoms with Crippen LogP contribution >= 0.6 is 20.2 Å². The first-order chi connectivity index (χ1) is 5.58. The Bertz CT molecular complexity index is 284. The Hall–Kier alpha value is -0.380. The molecule has 0 unspecified atom stereocenters. The van der Waals surface area contributed by atoms with Gasteiger partial charge in [-0.05, 0) is 5.56 Å². The second-order valence-corrected chi connectivity index (χ2v) is 3.49. The third kappa shape index (κ3) is 5.80. The van der Waals surface area contributed by atoms with Crippen molar-refractivity contribution in [2.45, 2.75) is 6.61 Å². The van der Waals surface area contributed by atoms with Crippen LogP contribution in [0.25, 0.3) is 0 Å². The van der Waals surface area contributed by atoms with E-state index >= 15 is 0 Å². The monoisotopic (exact) mass is 224 g/mol. The molecule has 0 amide bonds. The summed E-state index contributed by atoms with van der Waals surface area (Å²) in [6.45, 7) is -0.0644. The molecule has 1 aromatic carbocycles. The number of rotatable bonds is 3. The first kappa shape index (κ1) is 12.6. The Morgan fingerprint density at radius 2 is 1.77 bits per heavy atom. The summed E-state index contributed by atoms with van der Waals surface area (Å²) in [5, 5.41) is 0. The van der Waals surface area contributed by atoms with Crippen molar-refractivity contribution in [1.29, 1.82) is 0 Å². The molecule has 0 radical (unpaired) electrons. The molecule has 13 heavy (non-hydrogen) atoms. The number of phosphoric ester groups is 1. The van der Waals surface area contributed by atoms with Gasteiger partial charge in [0, 0.05) is 0 Å². The predicted molar refractivity (Wildman–Crippen MR) is 50.5 cm³/mol. The number of hydrogen-bond donors (Lipinski definition) is 2. The second-order valence-electron chi connectivity index (χ2n) is 2.25. The quantitative estimate of drug-likeness (QED) is 0.767. The van der Waals surface area contributed by atoms with Gasteiger partial charge in [0.15, 0.2) is 0 Å². The van der Waals surface area contributed by atoms with E-state index in [-0.39, 0.29) is 19.0 Å². The van der Waals surface area contributed by atoms with Crippen LogP contribution in [-0.2, 0) is 15.7 Å². The SMILES string of the molecule is Cl.O=P(O)(O)OCc1ccccc1. The van der Waals surface area contributed by atoms with Gasteiger partial charge in [0.05, 0.1) is 6.61 Å². The molecule has 0 aliphatic carbocycles. The Kier molecular flexibility index (Phi) is 5.21. The summed E-state index contributed by atoms with van der Waals surface area (Å²) in [5.74, 6) is 0. The molecular weight excluding hydrogens is 214 g/mol. The maximum absolute atomic E-state index is 10.3. The highest BCUT2D eigenvalue weighted by Gasteiger charge is 2.12. The van der Waals surface area contributed by atoms with Crippen LogP contribution in [0, 0.1) is 0 Å². The molecule has 0 atom stereocenters. The standard InChI is InChI=1S/C7H9O4P.ClH/c8-12(9,10)11-6-7-4-2-1-3-5-7;/h1-5H,6H2,(H2,8,9,10);1H. The van der Waals surface area contributed by atoms with Gasteiger partial charge >= 0.3 is 7.82 Å². The van der Waals surface area contributed by atoms with Crippen LogP contribution in [0.4, 0.5) is 0 Å². The average molecular weight is 225 g/mol. The first-order valence-electron chi connectivity index (χ1n) is 3.32. The van der Waals surface area contributed by atoms with Crippen molar-refractivity contribution < 1.29 is 18.9 Å². The fraction of sp³-hybridized carbons (Fsp3) is 0.143. The van der Waals surface area contributed by atoms with E-state index < -0.39 is 7.82 Å². The zero-order valence-corrected chi connectivity index (χ0v) is 8.37. The van der Waals surface area contributed by atoms with Crippen LogP contribution in [0.15, 0.2) is 30.3 Å². The van der Waals surface area contributed by atoms with Gasteiger partial charge in [0.25, 0.3) is 0 Å². The predicted octanol–water partition coefficient (Wildman–Crippen LogP) is 1.72. The fourth-order valence-electron chi connectivity index (χ4n) is 0.733. The molecule has 1 rings (SSSR count). The molecule has 6 heteroatoms. The van der Waals surface area contributed by atoms with Gasteiger partial charge in [-0.3, -0.25) is 4.52 Å². The molecule has 1 aromatic rings. The highest BCUT2D eigenvalue weighted by Crippen LogP contribution is 2.36. The summed E-state index contributed by atoms with van der Waals surface area (Å²) < 4.78 is 14.6. The maximum Gasteiger partial charge on any atom is 0.469 e. The maximum atomic E-state index is 10.3. The number of benzene rings is 1. The van der Waals surface area contributed by atoms with Crippen molar-refractivity contribution >= 4 is 20.2 Å². The molecule has 0 heterocycles. The average Bonchev–Trinajstić information content (AvgIpc) is 2.02. The van der Waals surface area contributed by atoms with E-state index in [4.69, 9.17) is 9.79 Å². The van der Waals surface area contributed by atoms with Crippen LogP contribution in [0.5, 0.6) is 0 Å². The smallest absolute Gasteiger partial charge is 0.303 e. The molecule has 0 saturated carbocycles. The van der Waals surface area contributed by atoms with E-state index in [2.05, 4.69) is 4.52 Å². The van der Waals surface area contributed by atoms with E-state index in [1.165, 1.54) is 0 Å². The van der Waals surface area contributed by atoms with Crippen LogP contribution in [0.2, 0.25) is 0 Å². The zero-order valence-electron chi connectivity index (χ0n) is 6.66. The summed E-state index contributed by atoms with van der Waals surface area (Å²) in [4.78, 5) is 16.7. The summed E-state index contributed by atoms with van der Waals surface area (Å²) in [6, 6.07) is 8.84. The van der Waals surface area contributed by atoms with Crippen LogP contribution in [0.3, 0.4) is 0 Å². The van der Waals surface area contributed by atoms with Crippen LogP contribution in [0.1, 0.15) is 5.56 Å². The third-order valence-electron chi connectivity index (χ3n) is 1.24. The fourth-order valence-corrected chi connectivity index (χ4v) is 1.05. The Morgan fingerprint density at radius 1 is 1.23 bits per heavy atom. The Morgan fingerprint density at radius 3 is 2.23 bits per heavy atom. The minimum Gasteiger partial charge on any atom is -0.303 e. The Balaban J connectivity index is 0.00000144. The summed E-state index contributed by atoms with van der Waals surface area (Å²) >= 11 is 0. The molecule has 2 N–H and O–H groups in total. The van der Waals surface area contributed by atoms with E-state index in [1.54, 1.807) is 24.3 Å². The molecule has 0 aliphatic heterocycles. The lowest BCUT2D eigenvalue weighted by Gasteiger charge is -2.03. The number of hydrogen-bond acceptors (Lipinski definition) is 2. The highest BCUT2D eigenvalue weighted by atomic mass is 35.5. The van der Waals surface area contributed by atoms with Gasteiger partial charge in [0.2, 0.25) is 0 Å². The number of phosphoric acid groups is 1. The van der Waals surface area contributed by atoms with Crippen molar-refractivity contribution in [3.63, 3.8) is 0 Å². The van der Waals surface area contributed by atoms with Crippen molar-refractivity contribution in [1.82, 2.24) is 0 Å². The first-order valence-corrected chi connectivity index (χ1v) is 4.85. The van der Waals surface area contributed by atoms with E-state index in [0.29, 0.717) is 0 Å². The molecule has 0 spiro atoms. The largest absolute Gasteiger partial charge is 0.469 e. The number of halogens is 1. The van der Waals surface area contributed by atoms with Gasteiger partial charge in [-0.15, -0.1) is 12.4 Å². The zero-order chi connectivity index (χ0) is 9.03. The van der Waals surface area contributed by atoms with Gasteiger partial charge in [0.1, 0.15) is 0 Å². The van der Waals surface area contributed by atoms with Crippen molar-refractivity contribution in [3.05, 3.63) is 35.9 Å². The van der Waals surface area contributed by atoms with E-state index in [1.807, 2.05) is 6.07 Å². The normalized spacial score (nSPS) is 10.6. The second kappa shape index (κ2) is 5.37. The summed E-state index contributed by atoms with van der Waals surface area (Å²) in [6.07, 6.45) is 0. The molecule has 0 fully saturated rings. The van der Waals surface area contributed by atoms with Gasteiger partial charge in [-0.2, -0.15) is 0 Å². The van der Waals surface area contributed by atoms with Crippen molar-refractivity contribution in [3.8, 4) is 0 Å². The molecule has 0 saturated heterocycles. The van der Waals surface area contributed by atoms with Crippen LogP contribution < -0.4 is 0 Å². The molecular formula is C7H10ClO4P. The lowest BCUT2D eigenvalue weighted by molar-refractivity contribution is 0.189. The molecule has 0 aliphatic rings. The summed E-state index contributed by atoms with van der Waals surface area (Å²) in [5.41, 5.74) is 0.737. The summed E-state index contributed by atoms with van der Waals surface area (Å²) in [7, 11) is -4.33. The van der Waals surface area contributed by atoms with Crippen molar-refractivity contribution in [2.75, 3.05) is 0 Å². The van der Waals surface area contributed by atoms with E-state index in [9.17, 15) is 4.57 Å². The van der Waals surface area contributed by atoms with Crippen LogP contribution in [-0.4, -0.2) is 9.79 Å². The van der Waals surface area contributed by atoms with E-state index in [0.717, 1.165) is 5.56 Å². The topological polar surface area (TPSA) is 66.8 Å². The lowest BCUT2D eigenvalue weighted by Crippen LogP contribution is -1.89. The minimum absolute atomic E-state index is 0. The molecule has 0 aromatic heterocycles. The molecule has 4 nitrogen and oxygen atoms in total.